The molecule has 2 aliphatic heterocycles. The summed E-state index contributed by atoms with van der Waals surface area (Å²) in [6.07, 6.45) is 1.19. The van der Waals surface area contributed by atoms with E-state index in [0.29, 0.717) is 24.9 Å². The van der Waals surface area contributed by atoms with Crippen molar-refractivity contribution in [3.63, 3.8) is 0 Å². The highest BCUT2D eigenvalue weighted by Gasteiger charge is 2.34. The number of hydrogen-bond acceptors (Lipinski definition) is 6. The molecule has 0 radical (unpaired) electrons. The van der Waals surface area contributed by atoms with E-state index in [9.17, 15) is 26.4 Å². The number of sulfone groups is 1. The summed E-state index contributed by atoms with van der Waals surface area (Å²) in [7, 11) is -6.75. The first-order valence-electron chi connectivity index (χ1n) is 9.45. The van der Waals surface area contributed by atoms with Crippen LogP contribution in [0.4, 0.5) is 5.69 Å². The number of anilines is 1. The zero-order chi connectivity index (χ0) is 21.2. The lowest BCUT2D eigenvalue weighted by Crippen LogP contribution is -2.45. The fourth-order valence-corrected chi connectivity index (χ4v) is 6.79. The molecule has 1 atom stereocenters. The smallest absolute Gasteiger partial charge is 0.243 e. The molecule has 1 aromatic carbocycles. The van der Waals surface area contributed by atoms with Crippen LogP contribution in [0.5, 0.6) is 0 Å². The van der Waals surface area contributed by atoms with E-state index in [-0.39, 0.29) is 53.3 Å². The van der Waals surface area contributed by atoms with Crippen LogP contribution in [0.15, 0.2) is 29.2 Å². The van der Waals surface area contributed by atoms with E-state index in [1.54, 1.807) is 0 Å². The number of amides is 2. The molecule has 0 aliphatic carbocycles. The number of sulfonamides is 1. The van der Waals surface area contributed by atoms with E-state index in [1.807, 2.05) is 0 Å². The highest BCUT2D eigenvalue weighted by Crippen LogP contribution is 2.25. The molecule has 0 aromatic heterocycles. The van der Waals surface area contributed by atoms with Gasteiger partial charge in [-0.2, -0.15) is 4.31 Å². The highest BCUT2D eigenvalue weighted by atomic mass is 32.2. The Hall–Kier alpha value is -1.98. The molecule has 0 saturated carbocycles. The number of nitrogens with zero attached hydrogens (tertiary/aromatic N) is 1. The van der Waals surface area contributed by atoms with Crippen molar-refractivity contribution in [3.8, 4) is 0 Å². The molecule has 2 saturated heterocycles. The summed E-state index contributed by atoms with van der Waals surface area (Å²) in [5, 5.41) is 5.38. The predicted octanol–water partition coefficient (Wildman–Crippen LogP) is 0.349. The van der Waals surface area contributed by atoms with Gasteiger partial charge in [-0.15, -0.1) is 0 Å². The maximum Gasteiger partial charge on any atom is 0.243 e. The Bertz CT molecular complexity index is 981. The van der Waals surface area contributed by atoms with Crippen molar-refractivity contribution >= 4 is 37.4 Å². The maximum absolute atomic E-state index is 12.8. The first-order valence-corrected chi connectivity index (χ1v) is 12.7. The minimum atomic E-state index is -3.68. The van der Waals surface area contributed by atoms with E-state index in [2.05, 4.69) is 10.6 Å². The summed E-state index contributed by atoms with van der Waals surface area (Å²) in [5.74, 6) is -0.706. The summed E-state index contributed by atoms with van der Waals surface area (Å²) < 4.78 is 50.0. The lowest BCUT2D eigenvalue weighted by Gasteiger charge is -2.31. The molecule has 1 aromatic rings. The molecular weight excluding hydrogens is 418 g/mol. The summed E-state index contributed by atoms with van der Waals surface area (Å²) in [6.45, 7) is 1.81. The van der Waals surface area contributed by atoms with Crippen LogP contribution < -0.4 is 10.6 Å². The van der Waals surface area contributed by atoms with Crippen LogP contribution in [0.25, 0.3) is 0 Å². The van der Waals surface area contributed by atoms with Crippen molar-refractivity contribution < 1.29 is 26.4 Å². The second-order valence-corrected chi connectivity index (χ2v) is 11.7. The van der Waals surface area contributed by atoms with E-state index >= 15 is 0 Å². The zero-order valence-electron chi connectivity index (χ0n) is 16.1. The number of carbonyl (C=O) groups is 2. The zero-order valence-corrected chi connectivity index (χ0v) is 17.8. The van der Waals surface area contributed by atoms with Crippen LogP contribution in [0, 0.1) is 5.92 Å². The van der Waals surface area contributed by atoms with Crippen molar-refractivity contribution in [2.75, 3.05) is 29.9 Å². The van der Waals surface area contributed by atoms with Crippen molar-refractivity contribution in [3.05, 3.63) is 24.3 Å². The second kappa shape index (κ2) is 8.41. The van der Waals surface area contributed by atoms with Gasteiger partial charge in [-0.1, -0.05) is 0 Å². The molecule has 2 fully saturated rings. The summed E-state index contributed by atoms with van der Waals surface area (Å²) in [5.41, 5.74) is 0.515. The number of benzene rings is 1. The SMILES string of the molecule is CC(=O)Nc1ccc(S(=O)(=O)N2CCC(C(=O)NC3CCS(=O)(=O)C3)CC2)cc1. The van der Waals surface area contributed by atoms with Crippen molar-refractivity contribution in [1.82, 2.24) is 9.62 Å². The monoisotopic (exact) mass is 443 g/mol. The Labute approximate surface area is 170 Å². The molecule has 0 spiro atoms. The molecule has 11 heteroatoms. The van der Waals surface area contributed by atoms with Crippen LogP contribution in [-0.2, 0) is 29.4 Å². The van der Waals surface area contributed by atoms with Gasteiger partial charge in [0.15, 0.2) is 9.84 Å². The highest BCUT2D eigenvalue weighted by molar-refractivity contribution is 7.91. The van der Waals surface area contributed by atoms with E-state index in [4.69, 9.17) is 0 Å². The molecule has 2 aliphatic rings. The number of piperidine rings is 1. The molecule has 3 rings (SSSR count). The van der Waals surface area contributed by atoms with Crippen molar-refractivity contribution in [2.45, 2.75) is 37.1 Å². The lowest BCUT2D eigenvalue weighted by atomic mass is 9.97. The second-order valence-electron chi connectivity index (χ2n) is 7.49. The van der Waals surface area contributed by atoms with Gasteiger partial charge in [0.1, 0.15) is 0 Å². The van der Waals surface area contributed by atoms with Gasteiger partial charge >= 0.3 is 0 Å². The standard InChI is InChI=1S/C18H25N3O6S2/c1-13(22)19-15-2-4-17(5-3-15)29(26,27)21-9-6-14(7-10-21)18(23)20-16-8-11-28(24,25)12-16/h2-5,14,16H,6-12H2,1H3,(H,19,22)(H,20,23). The van der Waals surface area contributed by atoms with Gasteiger partial charge in [-0.3, -0.25) is 9.59 Å². The molecule has 1 unspecified atom stereocenters. The third kappa shape index (κ3) is 5.34. The molecule has 2 heterocycles. The average molecular weight is 444 g/mol. The molecule has 9 nitrogen and oxygen atoms in total. The lowest BCUT2D eigenvalue weighted by molar-refractivity contribution is -0.126. The molecule has 2 amide bonds. The molecule has 2 N–H and O–H groups in total. The van der Waals surface area contributed by atoms with Crippen LogP contribution >= 0.6 is 0 Å². The fourth-order valence-electron chi connectivity index (χ4n) is 3.65. The number of nitrogens with one attached hydrogen (secondary N) is 2. The Morgan fingerprint density at radius 1 is 1.07 bits per heavy atom. The Kier molecular flexibility index (Phi) is 6.30. The van der Waals surface area contributed by atoms with Gasteiger partial charge in [0, 0.05) is 37.7 Å². The van der Waals surface area contributed by atoms with Crippen molar-refractivity contribution in [2.24, 2.45) is 5.92 Å². The molecular formula is C18H25N3O6S2. The van der Waals surface area contributed by atoms with E-state index in [0.717, 1.165) is 0 Å². The topological polar surface area (TPSA) is 130 Å². The third-order valence-electron chi connectivity index (χ3n) is 5.22. The minimum Gasteiger partial charge on any atom is -0.352 e. The predicted molar refractivity (Wildman–Crippen MR) is 107 cm³/mol. The van der Waals surface area contributed by atoms with E-state index < -0.39 is 19.9 Å². The normalized spacial score (nSPS) is 22.9. The molecule has 0 bridgehead atoms. The van der Waals surface area contributed by atoms with Gasteiger partial charge in [0.2, 0.25) is 21.8 Å². The first-order chi connectivity index (χ1) is 13.6. The maximum atomic E-state index is 12.8. The first kappa shape index (κ1) is 21.7. The number of carbonyl (C=O) groups excluding carboxylic acids is 2. The van der Waals surface area contributed by atoms with Gasteiger partial charge in [-0.05, 0) is 43.5 Å². The number of hydrogen-bond donors (Lipinski definition) is 2. The Morgan fingerprint density at radius 2 is 1.69 bits per heavy atom. The average Bonchev–Trinajstić information content (AvgIpc) is 3.00. The van der Waals surface area contributed by atoms with Crippen molar-refractivity contribution in [1.29, 1.82) is 0 Å². The number of rotatable bonds is 5. The fraction of sp³-hybridized carbons (Fsp3) is 0.556. The van der Waals surface area contributed by atoms with Gasteiger partial charge in [0.25, 0.3) is 0 Å². The molecule has 160 valence electrons. The van der Waals surface area contributed by atoms with Crippen LogP contribution in [0.2, 0.25) is 0 Å². The summed E-state index contributed by atoms with van der Waals surface area (Å²) in [4.78, 5) is 23.6. The van der Waals surface area contributed by atoms with Gasteiger partial charge in [-0.25, -0.2) is 16.8 Å². The van der Waals surface area contributed by atoms with Crippen LogP contribution in [0.3, 0.4) is 0 Å². The van der Waals surface area contributed by atoms with Gasteiger partial charge in [0.05, 0.1) is 16.4 Å². The largest absolute Gasteiger partial charge is 0.352 e. The third-order valence-corrected chi connectivity index (χ3v) is 8.90. The molecule has 29 heavy (non-hydrogen) atoms. The summed E-state index contributed by atoms with van der Waals surface area (Å²) in [6, 6.07) is 5.60. The van der Waals surface area contributed by atoms with E-state index in [1.165, 1.54) is 35.5 Å². The Morgan fingerprint density at radius 3 is 2.21 bits per heavy atom. The van der Waals surface area contributed by atoms with Gasteiger partial charge < -0.3 is 10.6 Å². The Balaban J connectivity index is 1.56. The summed E-state index contributed by atoms with van der Waals surface area (Å²) >= 11 is 0. The quantitative estimate of drug-likeness (QED) is 0.675. The van der Waals surface area contributed by atoms with Crippen LogP contribution in [-0.4, -0.2) is 63.6 Å². The van der Waals surface area contributed by atoms with Crippen LogP contribution in [0.1, 0.15) is 26.2 Å². The minimum absolute atomic E-state index is 0.0273.